The van der Waals surface area contributed by atoms with Gasteiger partial charge in [0.25, 0.3) is 5.91 Å². The highest BCUT2D eigenvalue weighted by atomic mass is 16.2. The van der Waals surface area contributed by atoms with Crippen molar-refractivity contribution in [3.05, 3.63) is 47.8 Å². The fraction of sp³-hybridized carbons (Fsp3) is 0.389. The van der Waals surface area contributed by atoms with Gasteiger partial charge in [0, 0.05) is 44.3 Å². The van der Waals surface area contributed by atoms with Gasteiger partial charge in [-0.15, -0.1) is 0 Å². The van der Waals surface area contributed by atoms with Gasteiger partial charge in [-0.05, 0) is 31.2 Å². The van der Waals surface area contributed by atoms with Gasteiger partial charge in [-0.1, -0.05) is 19.1 Å². The van der Waals surface area contributed by atoms with E-state index in [1.165, 1.54) is 5.56 Å². The number of nitrogens with zero attached hydrogens (tertiary/aromatic N) is 4. The minimum Gasteiger partial charge on any atom is -0.336 e. The maximum Gasteiger partial charge on any atom is 0.257 e. The minimum absolute atomic E-state index is 0.00180. The lowest BCUT2D eigenvalue weighted by atomic mass is 10.1. The number of aromatic nitrogens is 2. The van der Waals surface area contributed by atoms with E-state index >= 15 is 0 Å². The molecule has 1 aromatic carbocycles. The molecule has 126 valence electrons. The molecule has 1 aliphatic heterocycles. The summed E-state index contributed by atoms with van der Waals surface area (Å²) in [7, 11) is 2.07. The lowest BCUT2D eigenvalue weighted by molar-refractivity contribution is 0.0663. The maximum absolute atomic E-state index is 12.5. The van der Waals surface area contributed by atoms with Crippen molar-refractivity contribution < 1.29 is 4.79 Å². The second-order valence-electron chi connectivity index (χ2n) is 6.07. The molecule has 0 aliphatic carbocycles. The summed E-state index contributed by atoms with van der Waals surface area (Å²) in [5.41, 5.74) is 2.76. The molecule has 2 heterocycles. The number of carbonyl (C=O) groups excluding carboxylic acids is 1. The molecule has 6 heteroatoms. The predicted molar refractivity (Wildman–Crippen MR) is 94.5 cm³/mol. The summed E-state index contributed by atoms with van der Waals surface area (Å²) < 4.78 is 0. The molecule has 6 nitrogen and oxygen atoms in total. The van der Waals surface area contributed by atoms with Gasteiger partial charge in [0.1, 0.15) is 0 Å². The van der Waals surface area contributed by atoms with Crippen molar-refractivity contribution in [1.82, 2.24) is 19.8 Å². The monoisotopic (exact) mass is 325 g/mol. The number of aryl methyl sites for hydroxylation is 1. The first-order valence-electron chi connectivity index (χ1n) is 8.31. The second kappa shape index (κ2) is 7.40. The van der Waals surface area contributed by atoms with Crippen LogP contribution >= 0.6 is 0 Å². The molecule has 0 radical (unpaired) electrons. The SMILES string of the molecule is CCc1ccc(Nc2ncc(C(=O)N3CCN(C)CC3)cn2)cc1. The number of anilines is 2. The number of nitrogens with one attached hydrogen (secondary N) is 1. The van der Waals surface area contributed by atoms with Crippen LogP contribution in [0, 0.1) is 0 Å². The van der Waals surface area contributed by atoms with Crippen LogP contribution in [0.4, 0.5) is 11.6 Å². The number of hydrogen-bond acceptors (Lipinski definition) is 5. The van der Waals surface area contributed by atoms with Gasteiger partial charge in [-0.2, -0.15) is 0 Å². The van der Waals surface area contributed by atoms with E-state index in [1.54, 1.807) is 12.4 Å². The van der Waals surface area contributed by atoms with E-state index in [1.807, 2.05) is 17.0 Å². The van der Waals surface area contributed by atoms with Gasteiger partial charge < -0.3 is 15.1 Å². The number of piperazine rings is 1. The van der Waals surface area contributed by atoms with Crippen LogP contribution in [0.3, 0.4) is 0 Å². The molecule has 0 saturated carbocycles. The normalized spacial score (nSPS) is 15.3. The highest BCUT2D eigenvalue weighted by molar-refractivity contribution is 5.93. The van der Waals surface area contributed by atoms with Crippen LogP contribution in [0.2, 0.25) is 0 Å². The quantitative estimate of drug-likeness (QED) is 0.933. The molecule has 24 heavy (non-hydrogen) atoms. The van der Waals surface area contributed by atoms with Crippen molar-refractivity contribution in [2.24, 2.45) is 0 Å². The third-order valence-corrected chi connectivity index (χ3v) is 4.31. The molecule has 0 unspecified atom stereocenters. The Kier molecular flexibility index (Phi) is 5.05. The zero-order valence-corrected chi connectivity index (χ0v) is 14.2. The second-order valence-corrected chi connectivity index (χ2v) is 6.07. The molecule has 0 atom stereocenters. The molecule has 1 N–H and O–H groups in total. The van der Waals surface area contributed by atoms with Crippen molar-refractivity contribution in [2.75, 3.05) is 38.5 Å². The number of hydrogen-bond donors (Lipinski definition) is 1. The lowest BCUT2D eigenvalue weighted by Gasteiger charge is -2.32. The van der Waals surface area contributed by atoms with E-state index < -0.39 is 0 Å². The molecule has 0 spiro atoms. The third kappa shape index (κ3) is 3.89. The van der Waals surface area contributed by atoms with Crippen molar-refractivity contribution in [1.29, 1.82) is 0 Å². The minimum atomic E-state index is 0.00180. The number of amides is 1. The molecule has 0 bridgehead atoms. The Hall–Kier alpha value is -2.47. The molecular weight excluding hydrogens is 302 g/mol. The molecule has 1 saturated heterocycles. The first-order valence-corrected chi connectivity index (χ1v) is 8.31. The standard InChI is InChI=1S/C18H23N5O/c1-3-14-4-6-16(7-5-14)21-18-19-12-15(13-20-18)17(24)23-10-8-22(2)9-11-23/h4-7,12-13H,3,8-11H2,1-2H3,(H,19,20,21). The highest BCUT2D eigenvalue weighted by Crippen LogP contribution is 2.14. The van der Waals surface area contributed by atoms with E-state index in [-0.39, 0.29) is 5.91 Å². The van der Waals surface area contributed by atoms with Gasteiger partial charge >= 0.3 is 0 Å². The summed E-state index contributed by atoms with van der Waals surface area (Å²) in [5.74, 6) is 0.496. The van der Waals surface area contributed by atoms with Crippen molar-refractivity contribution in [3.8, 4) is 0 Å². The first kappa shape index (κ1) is 16.4. The van der Waals surface area contributed by atoms with Gasteiger partial charge in [0.2, 0.25) is 5.95 Å². The highest BCUT2D eigenvalue weighted by Gasteiger charge is 2.20. The van der Waals surface area contributed by atoms with Crippen molar-refractivity contribution in [3.63, 3.8) is 0 Å². The van der Waals surface area contributed by atoms with Crippen LogP contribution in [0.25, 0.3) is 0 Å². The molecule has 1 aromatic heterocycles. The average molecular weight is 325 g/mol. The summed E-state index contributed by atoms with van der Waals surface area (Å²) in [6.07, 6.45) is 4.20. The maximum atomic E-state index is 12.5. The number of benzene rings is 1. The van der Waals surface area contributed by atoms with Crippen LogP contribution in [-0.2, 0) is 6.42 Å². The molecular formula is C18H23N5O. The third-order valence-electron chi connectivity index (χ3n) is 4.31. The van der Waals surface area contributed by atoms with Crippen molar-refractivity contribution >= 4 is 17.5 Å². The van der Waals surface area contributed by atoms with Crippen LogP contribution in [0.15, 0.2) is 36.7 Å². The fourth-order valence-electron chi connectivity index (χ4n) is 2.65. The van der Waals surface area contributed by atoms with Crippen molar-refractivity contribution in [2.45, 2.75) is 13.3 Å². The fourth-order valence-corrected chi connectivity index (χ4v) is 2.65. The topological polar surface area (TPSA) is 61.4 Å². The number of carbonyl (C=O) groups is 1. The Balaban J connectivity index is 1.63. The first-order chi connectivity index (χ1) is 11.7. The van der Waals surface area contributed by atoms with E-state index in [0.717, 1.165) is 38.3 Å². The largest absolute Gasteiger partial charge is 0.336 e. The Labute approximate surface area is 142 Å². The van der Waals surface area contributed by atoms with Gasteiger partial charge in [-0.3, -0.25) is 4.79 Å². The molecule has 1 amide bonds. The van der Waals surface area contributed by atoms with E-state index in [2.05, 4.69) is 46.3 Å². The van der Waals surface area contributed by atoms with Crippen LogP contribution < -0.4 is 5.32 Å². The smallest absolute Gasteiger partial charge is 0.257 e. The van der Waals surface area contributed by atoms with Gasteiger partial charge in [0.05, 0.1) is 5.56 Å². The number of rotatable bonds is 4. The number of likely N-dealkylation sites (N-methyl/N-ethyl adjacent to an activating group) is 1. The Bertz CT molecular complexity index is 676. The zero-order chi connectivity index (χ0) is 16.9. The van der Waals surface area contributed by atoms with E-state index in [0.29, 0.717) is 11.5 Å². The van der Waals surface area contributed by atoms with Crippen LogP contribution in [0.5, 0.6) is 0 Å². The summed E-state index contributed by atoms with van der Waals surface area (Å²) in [6, 6.07) is 8.16. The zero-order valence-electron chi connectivity index (χ0n) is 14.2. The van der Waals surface area contributed by atoms with E-state index in [9.17, 15) is 4.79 Å². The average Bonchev–Trinajstić information content (AvgIpc) is 2.63. The Morgan fingerprint density at radius 3 is 2.29 bits per heavy atom. The summed E-state index contributed by atoms with van der Waals surface area (Å²) in [4.78, 5) is 25.1. The van der Waals surface area contributed by atoms with Crippen LogP contribution in [0.1, 0.15) is 22.8 Å². The van der Waals surface area contributed by atoms with Gasteiger partial charge in [-0.25, -0.2) is 9.97 Å². The molecule has 2 aromatic rings. The van der Waals surface area contributed by atoms with Crippen LogP contribution in [-0.4, -0.2) is 58.9 Å². The predicted octanol–water partition coefficient (Wildman–Crippen LogP) is 2.17. The van der Waals surface area contributed by atoms with E-state index in [4.69, 9.17) is 0 Å². The van der Waals surface area contributed by atoms with Gasteiger partial charge in [0.15, 0.2) is 0 Å². The Morgan fingerprint density at radius 1 is 1.08 bits per heavy atom. The molecule has 3 rings (SSSR count). The Morgan fingerprint density at radius 2 is 1.71 bits per heavy atom. The summed E-state index contributed by atoms with van der Waals surface area (Å²) in [5, 5.41) is 3.15. The molecule has 1 fully saturated rings. The summed E-state index contributed by atoms with van der Waals surface area (Å²) in [6.45, 7) is 5.43. The summed E-state index contributed by atoms with van der Waals surface area (Å²) >= 11 is 0. The molecule has 1 aliphatic rings. The lowest BCUT2D eigenvalue weighted by Crippen LogP contribution is -2.47.